The predicted molar refractivity (Wildman–Crippen MR) is 68.0 cm³/mol. The number of carbonyl (C=O) groups excluding carboxylic acids is 1. The fourth-order valence-corrected chi connectivity index (χ4v) is 1.73. The van der Waals surface area contributed by atoms with Gasteiger partial charge in [0.2, 0.25) is 0 Å². The quantitative estimate of drug-likeness (QED) is 0.475. The van der Waals surface area contributed by atoms with E-state index in [0.29, 0.717) is 6.07 Å². The molecule has 0 unspecified atom stereocenters. The Bertz CT molecular complexity index is 546. The number of esters is 1. The topological polar surface area (TPSA) is 72.7 Å². The number of halogens is 3. The van der Waals surface area contributed by atoms with Gasteiger partial charge in [0.25, 0.3) is 5.69 Å². The molecule has 6 nitrogen and oxygen atoms in total. The van der Waals surface area contributed by atoms with Gasteiger partial charge in [-0.1, -0.05) is 0 Å². The summed E-state index contributed by atoms with van der Waals surface area (Å²) in [5.41, 5.74) is -2.14. The summed E-state index contributed by atoms with van der Waals surface area (Å²) in [7, 11) is 1.12. The molecule has 0 radical (unpaired) electrons. The molecule has 0 bridgehead atoms. The van der Waals surface area contributed by atoms with Gasteiger partial charge in [0.1, 0.15) is 6.54 Å². The van der Waals surface area contributed by atoms with Gasteiger partial charge in [-0.15, -0.1) is 0 Å². The predicted octanol–water partition coefficient (Wildman–Crippen LogP) is 2.61. The van der Waals surface area contributed by atoms with Crippen LogP contribution in [0.5, 0.6) is 0 Å². The molecular formula is C12H13F3N2O4. The van der Waals surface area contributed by atoms with E-state index in [2.05, 4.69) is 4.74 Å². The first kappa shape index (κ1) is 16.7. The molecule has 0 heterocycles. The lowest BCUT2D eigenvalue weighted by Gasteiger charge is -2.25. The summed E-state index contributed by atoms with van der Waals surface area (Å²) < 4.78 is 43.5. The number of likely N-dealkylation sites (N-methyl/N-ethyl adjacent to an activating group) is 1. The largest absolute Gasteiger partial charge is 0.468 e. The molecule has 0 amide bonds. The molecule has 0 saturated carbocycles. The Morgan fingerprint density at radius 1 is 1.43 bits per heavy atom. The number of carbonyl (C=O) groups is 1. The van der Waals surface area contributed by atoms with Crippen molar-refractivity contribution >= 4 is 17.3 Å². The average Bonchev–Trinajstić information content (AvgIpc) is 2.42. The van der Waals surface area contributed by atoms with Crippen molar-refractivity contribution in [1.29, 1.82) is 0 Å². The SMILES string of the molecule is CCN(CC(=O)OC)c1ccc([N+](=O)[O-])cc1C(F)(F)F. The van der Waals surface area contributed by atoms with Crippen molar-refractivity contribution in [3.05, 3.63) is 33.9 Å². The summed E-state index contributed by atoms with van der Waals surface area (Å²) >= 11 is 0. The summed E-state index contributed by atoms with van der Waals surface area (Å²) in [6.45, 7) is 1.29. The molecule has 0 saturated heterocycles. The van der Waals surface area contributed by atoms with E-state index in [-0.39, 0.29) is 18.8 Å². The van der Waals surface area contributed by atoms with Crippen molar-refractivity contribution in [3.63, 3.8) is 0 Å². The minimum absolute atomic E-state index is 0.107. The Kier molecular flexibility index (Phi) is 5.12. The standard InChI is InChI=1S/C12H13F3N2O4/c1-3-16(7-11(18)21-2)10-5-4-8(17(19)20)6-9(10)12(13,14)15/h4-6H,3,7H2,1-2H3. The van der Waals surface area contributed by atoms with Gasteiger partial charge in [-0.05, 0) is 13.0 Å². The molecule has 0 atom stereocenters. The molecule has 0 aromatic heterocycles. The third-order valence-electron chi connectivity index (χ3n) is 2.77. The normalized spacial score (nSPS) is 11.1. The molecule has 0 aliphatic carbocycles. The summed E-state index contributed by atoms with van der Waals surface area (Å²) in [4.78, 5) is 22.1. The van der Waals surface area contributed by atoms with Crippen molar-refractivity contribution in [1.82, 2.24) is 0 Å². The van der Waals surface area contributed by atoms with E-state index >= 15 is 0 Å². The number of nitro benzene ring substituents is 1. The third kappa shape index (κ3) is 4.07. The maximum absolute atomic E-state index is 13.0. The number of hydrogen-bond acceptors (Lipinski definition) is 5. The Morgan fingerprint density at radius 2 is 2.05 bits per heavy atom. The van der Waals surface area contributed by atoms with Crippen LogP contribution in [-0.2, 0) is 15.7 Å². The lowest BCUT2D eigenvalue weighted by molar-refractivity contribution is -0.385. The molecule has 1 aromatic carbocycles. The Balaban J connectivity index is 3.32. The number of benzene rings is 1. The van der Waals surface area contributed by atoms with Crippen LogP contribution < -0.4 is 4.90 Å². The van der Waals surface area contributed by atoms with E-state index in [1.165, 1.54) is 0 Å². The van der Waals surface area contributed by atoms with Gasteiger partial charge in [0, 0.05) is 24.4 Å². The molecule has 0 aliphatic heterocycles. The minimum Gasteiger partial charge on any atom is -0.468 e. The lowest BCUT2D eigenvalue weighted by Crippen LogP contribution is -2.32. The number of rotatable bonds is 5. The Labute approximate surface area is 118 Å². The van der Waals surface area contributed by atoms with E-state index in [1.807, 2.05) is 0 Å². The molecular weight excluding hydrogens is 293 g/mol. The van der Waals surface area contributed by atoms with Gasteiger partial charge in [-0.3, -0.25) is 14.9 Å². The second-order valence-corrected chi connectivity index (χ2v) is 4.05. The highest BCUT2D eigenvalue weighted by molar-refractivity contribution is 5.76. The first-order valence-electron chi connectivity index (χ1n) is 5.88. The number of alkyl halides is 3. The van der Waals surface area contributed by atoms with E-state index in [4.69, 9.17) is 0 Å². The minimum atomic E-state index is -4.77. The fraction of sp³-hybridized carbons (Fsp3) is 0.417. The number of methoxy groups -OCH3 is 1. The van der Waals surface area contributed by atoms with Crippen LogP contribution in [0.2, 0.25) is 0 Å². The van der Waals surface area contributed by atoms with Gasteiger partial charge in [-0.2, -0.15) is 13.2 Å². The fourth-order valence-electron chi connectivity index (χ4n) is 1.73. The van der Waals surface area contributed by atoms with Crippen LogP contribution >= 0.6 is 0 Å². The number of nitro groups is 1. The van der Waals surface area contributed by atoms with Crippen LogP contribution in [-0.4, -0.2) is 31.1 Å². The summed E-state index contributed by atoms with van der Waals surface area (Å²) in [6, 6.07) is 2.40. The van der Waals surface area contributed by atoms with Crippen molar-refractivity contribution in [2.45, 2.75) is 13.1 Å². The monoisotopic (exact) mass is 306 g/mol. The van der Waals surface area contributed by atoms with E-state index in [0.717, 1.165) is 24.1 Å². The zero-order valence-corrected chi connectivity index (χ0v) is 11.3. The Hall–Kier alpha value is -2.32. The van der Waals surface area contributed by atoms with Crippen LogP contribution in [0.15, 0.2) is 18.2 Å². The van der Waals surface area contributed by atoms with Crippen molar-refractivity contribution < 1.29 is 27.6 Å². The van der Waals surface area contributed by atoms with Crippen LogP contribution in [0.1, 0.15) is 12.5 Å². The number of hydrogen-bond donors (Lipinski definition) is 0. The molecule has 9 heteroatoms. The Morgan fingerprint density at radius 3 is 2.48 bits per heavy atom. The summed E-state index contributed by atoms with van der Waals surface area (Å²) in [5, 5.41) is 10.6. The third-order valence-corrected chi connectivity index (χ3v) is 2.77. The van der Waals surface area contributed by atoms with Crippen LogP contribution in [0.3, 0.4) is 0 Å². The first-order valence-corrected chi connectivity index (χ1v) is 5.88. The number of non-ortho nitro benzene ring substituents is 1. The maximum atomic E-state index is 13.0. The van der Waals surface area contributed by atoms with Gasteiger partial charge in [0.05, 0.1) is 17.6 Å². The first-order chi connectivity index (χ1) is 9.70. The second-order valence-electron chi connectivity index (χ2n) is 4.05. The van der Waals surface area contributed by atoms with E-state index in [9.17, 15) is 28.1 Å². The van der Waals surface area contributed by atoms with Crippen LogP contribution in [0.4, 0.5) is 24.5 Å². The molecule has 0 aliphatic rings. The van der Waals surface area contributed by atoms with Crippen molar-refractivity contribution in [3.8, 4) is 0 Å². The highest BCUT2D eigenvalue weighted by Gasteiger charge is 2.36. The second kappa shape index (κ2) is 6.42. The molecule has 116 valence electrons. The highest BCUT2D eigenvalue weighted by atomic mass is 19.4. The molecule has 0 spiro atoms. The summed E-state index contributed by atoms with van der Waals surface area (Å²) in [6.07, 6.45) is -4.77. The molecule has 21 heavy (non-hydrogen) atoms. The van der Waals surface area contributed by atoms with Gasteiger partial charge in [-0.25, -0.2) is 0 Å². The van der Waals surface area contributed by atoms with Crippen molar-refractivity contribution in [2.75, 3.05) is 25.1 Å². The molecule has 0 fully saturated rings. The number of ether oxygens (including phenoxy) is 1. The zero-order chi connectivity index (χ0) is 16.2. The number of anilines is 1. The summed E-state index contributed by atoms with van der Waals surface area (Å²) in [5.74, 6) is -0.705. The maximum Gasteiger partial charge on any atom is 0.418 e. The van der Waals surface area contributed by atoms with E-state index in [1.54, 1.807) is 6.92 Å². The number of nitrogens with zero attached hydrogens (tertiary/aromatic N) is 2. The zero-order valence-electron chi connectivity index (χ0n) is 11.3. The van der Waals surface area contributed by atoms with Gasteiger partial charge < -0.3 is 9.64 Å². The molecule has 1 rings (SSSR count). The average molecular weight is 306 g/mol. The lowest BCUT2D eigenvalue weighted by atomic mass is 10.1. The molecule has 1 aromatic rings. The van der Waals surface area contributed by atoms with Crippen LogP contribution in [0, 0.1) is 10.1 Å². The highest BCUT2D eigenvalue weighted by Crippen LogP contribution is 2.38. The van der Waals surface area contributed by atoms with Crippen molar-refractivity contribution in [2.24, 2.45) is 0 Å². The van der Waals surface area contributed by atoms with Crippen LogP contribution in [0.25, 0.3) is 0 Å². The van der Waals surface area contributed by atoms with E-state index < -0.39 is 28.3 Å². The smallest absolute Gasteiger partial charge is 0.418 e. The molecule has 0 N–H and O–H groups in total. The van der Waals surface area contributed by atoms with Gasteiger partial charge >= 0.3 is 12.1 Å². The van der Waals surface area contributed by atoms with Gasteiger partial charge in [0.15, 0.2) is 0 Å².